The molecule has 1 atom stereocenters. The fraction of sp³-hybridized carbons (Fsp3) is 1.00. The van der Waals surface area contributed by atoms with Crippen LogP contribution in [0.2, 0.25) is 0 Å². The van der Waals surface area contributed by atoms with Crippen molar-refractivity contribution in [3.8, 4) is 0 Å². The second kappa shape index (κ2) is 2.55. The highest BCUT2D eigenvalue weighted by Gasteiger charge is 2.07. The molecule has 0 aromatic rings. The van der Waals surface area contributed by atoms with Crippen molar-refractivity contribution in [1.82, 2.24) is 4.72 Å². The average molecular weight is 119 g/mol. The Morgan fingerprint density at radius 2 is 2.57 bits per heavy atom. The number of nitrogens with one attached hydrogen (secondary N) is 1. The minimum Gasteiger partial charge on any atom is -0.392 e. The van der Waals surface area contributed by atoms with E-state index in [4.69, 9.17) is 5.11 Å². The Labute approximate surface area is 47.4 Å². The van der Waals surface area contributed by atoms with E-state index < -0.39 is 0 Å². The van der Waals surface area contributed by atoms with Gasteiger partial charge in [-0.1, -0.05) is 11.9 Å². The zero-order chi connectivity index (χ0) is 5.11. The van der Waals surface area contributed by atoms with E-state index in [2.05, 4.69) is 4.72 Å². The number of aliphatic hydroxyl groups excluding tert-OH is 1. The smallest absolute Gasteiger partial charge is 0.0655 e. The van der Waals surface area contributed by atoms with Crippen molar-refractivity contribution in [1.29, 1.82) is 0 Å². The van der Waals surface area contributed by atoms with E-state index in [-0.39, 0.29) is 6.10 Å². The lowest BCUT2D eigenvalue weighted by Gasteiger charge is -2.15. The number of rotatable bonds is 0. The van der Waals surface area contributed by atoms with Crippen LogP contribution in [0.5, 0.6) is 0 Å². The number of hydrogen-bond acceptors (Lipinski definition) is 3. The largest absolute Gasteiger partial charge is 0.392 e. The zero-order valence-electron chi connectivity index (χ0n) is 4.05. The first-order chi connectivity index (χ1) is 3.39. The molecule has 0 amide bonds. The van der Waals surface area contributed by atoms with Crippen molar-refractivity contribution < 1.29 is 5.11 Å². The molecule has 1 rings (SSSR count). The molecule has 0 aromatic carbocycles. The summed E-state index contributed by atoms with van der Waals surface area (Å²) in [6.45, 7) is 0.950. The lowest BCUT2D eigenvalue weighted by Crippen LogP contribution is -2.25. The lowest BCUT2D eigenvalue weighted by molar-refractivity contribution is 0.187. The van der Waals surface area contributed by atoms with E-state index in [1.807, 2.05) is 0 Å². The van der Waals surface area contributed by atoms with E-state index in [0.717, 1.165) is 18.7 Å². The lowest BCUT2D eigenvalue weighted by atomic mass is 10.3. The highest BCUT2D eigenvalue weighted by Crippen LogP contribution is 2.06. The van der Waals surface area contributed by atoms with Gasteiger partial charge in [-0.3, -0.25) is 4.72 Å². The zero-order valence-corrected chi connectivity index (χ0v) is 4.87. The molecule has 0 aliphatic carbocycles. The summed E-state index contributed by atoms with van der Waals surface area (Å²) in [4.78, 5) is 0. The van der Waals surface area contributed by atoms with Crippen molar-refractivity contribution in [2.45, 2.75) is 12.5 Å². The van der Waals surface area contributed by atoms with Crippen LogP contribution >= 0.6 is 11.9 Å². The van der Waals surface area contributed by atoms with Gasteiger partial charge in [-0.05, 0) is 6.42 Å². The molecular formula is C4H9NOS. The first-order valence-corrected chi connectivity index (χ1v) is 3.41. The maximum atomic E-state index is 8.85. The Morgan fingerprint density at radius 3 is 2.86 bits per heavy atom. The maximum absolute atomic E-state index is 8.85. The second-order valence-corrected chi connectivity index (χ2v) is 2.56. The van der Waals surface area contributed by atoms with Crippen LogP contribution in [0, 0.1) is 0 Å². The SMILES string of the molecule is OC1CCNSC1. The third-order valence-electron chi connectivity index (χ3n) is 0.957. The topological polar surface area (TPSA) is 32.3 Å². The molecule has 2 N–H and O–H groups in total. The third kappa shape index (κ3) is 1.67. The first-order valence-electron chi connectivity index (χ1n) is 2.42. The summed E-state index contributed by atoms with van der Waals surface area (Å²) in [6.07, 6.45) is 0.846. The van der Waals surface area contributed by atoms with Gasteiger partial charge in [0, 0.05) is 12.3 Å². The molecule has 1 aliphatic rings. The summed E-state index contributed by atoms with van der Waals surface area (Å²) in [6, 6.07) is 0. The van der Waals surface area contributed by atoms with E-state index in [0.29, 0.717) is 0 Å². The van der Waals surface area contributed by atoms with Crippen LogP contribution in [-0.4, -0.2) is 23.5 Å². The van der Waals surface area contributed by atoms with E-state index >= 15 is 0 Å². The Hall–Kier alpha value is 0.270. The van der Waals surface area contributed by atoms with E-state index in [1.165, 1.54) is 0 Å². The molecule has 1 saturated heterocycles. The Balaban J connectivity index is 2.12. The van der Waals surface area contributed by atoms with Crippen molar-refractivity contribution in [2.24, 2.45) is 0 Å². The van der Waals surface area contributed by atoms with Crippen LogP contribution in [0.25, 0.3) is 0 Å². The first kappa shape index (κ1) is 5.41. The van der Waals surface area contributed by atoms with Gasteiger partial charge < -0.3 is 5.11 Å². The Morgan fingerprint density at radius 1 is 1.71 bits per heavy atom. The van der Waals surface area contributed by atoms with Crippen LogP contribution in [0.3, 0.4) is 0 Å². The minimum atomic E-state index is -0.0637. The molecule has 1 unspecified atom stereocenters. The molecule has 3 heteroatoms. The molecule has 0 radical (unpaired) electrons. The summed E-state index contributed by atoms with van der Waals surface area (Å²) in [5.74, 6) is 0.847. The molecule has 1 fully saturated rings. The summed E-state index contributed by atoms with van der Waals surface area (Å²) in [7, 11) is 0. The van der Waals surface area contributed by atoms with Gasteiger partial charge in [0.2, 0.25) is 0 Å². The quantitative estimate of drug-likeness (QED) is 0.440. The predicted octanol–water partition coefficient (Wildman–Crippen LogP) is -0.0112. The molecule has 0 saturated carbocycles. The molecule has 2 nitrogen and oxygen atoms in total. The molecule has 1 aliphatic heterocycles. The van der Waals surface area contributed by atoms with Gasteiger partial charge in [0.05, 0.1) is 6.10 Å². The van der Waals surface area contributed by atoms with E-state index in [1.54, 1.807) is 11.9 Å². The molecular weight excluding hydrogens is 110 g/mol. The van der Waals surface area contributed by atoms with Crippen molar-refractivity contribution >= 4 is 11.9 Å². The van der Waals surface area contributed by atoms with Crippen LogP contribution < -0.4 is 4.72 Å². The van der Waals surface area contributed by atoms with Crippen molar-refractivity contribution in [3.63, 3.8) is 0 Å². The van der Waals surface area contributed by atoms with Gasteiger partial charge in [0.15, 0.2) is 0 Å². The standard InChI is InChI=1S/C4H9NOS/c6-4-1-2-5-7-3-4/h4-6H,1-3H2. The summed E-state index contributed by atoms with van der Waals surface area (Å²) in [5, 5.41) is 8.85. The maximum Gasteiger partial charge on any atom is 0.0655 e. The number of hydrogen-bond donors (Lipinski definition) is 2. The summed E-state index contributed by atoms with van der Waals surface area (Å²) < 4.78 is 3.07. The summed E-state index contributed by atoms with van der Waals surface area (Å²) in [5.41, 5.74) is 0. The average Bonchev–Trinajstić information content (AvgIpc) is 1.69. The van der Waals surface area contributed by atoms with Crippen molar-refractivity contribution in [3.05, 3.63) is 0 Å². The molecule has 0 aromatic heterocycles. The van der Waals surface area contributed by atoms with Crippen LogP contribution in [0.1, 0.15) is 6.42 Å². The Bertz CT molecular complexity index is 53.7. The van der Waals surface area contributed by atoms with Crippen LogP contribution in [-0.2, 0) is 0 Å². The number of aliphatic hydroxyl groups is 1. The van der Waals surface area contributed by atoms with Gasteiger partial charge in [-0.15, -0.1) is 0 Å². The normalized spacial score (nSPS) is 33.0. The summed E-state index contributed by atoms with van der Waals surface area (Å²) >= 11 is 1.60. The Kier molecular flexibility index (Phi) is 1.97. The highest BCUT2D eigenvalue weighted by atomic mass is 32.2. The fourth-order valence-corrected chi connectivity index (χ4v) is 1.28. The van der Waals surface area contributed by atoms with E-state index in [9.17, 15) is 0 Å². The monoisotopic (exact) mass is 119 g/mol. The van der Waals surface area contributed by atoms with Gasteiger partial charge >= 0.3 is 0 Å². The minimum absolute atomic E-state index is 0.0637. The van der Waals surface area contributed by atoms with Crippen LogP contribution in [0.15, 0.2) is 0 Å². The highest BCUT2D eigenvalue weighted by molar-refractivity contribution is 7.97. The molecule has 0 spiro atoms. The molecule has 42 valence electrons. The van der Waals surface area contributed by atoms with Gasteiger partial charge in [0.25, 0.3) is 0 Å². The second-order valence-electron chi connectivity index (χ2n) is 1.65. The third-order valence-corrected chi connectivity index (χ3v) is 1.92. The van der Waals surface area contributed by atoms with Gasteiger partial charge in [-0.2, -0.15) is 0 Å². The fourth-order valence-electron chi connectivity index (χ4n) is 0.536. The van der Waals surface area contributed by atoms with Crippen LogP contribution in [0.4, 0.5) is 0 Å². The molecule has 0 bridgehead atoms. The molecule has 1 heterocycles. The van der Waals surface area contributed by atoms with Gasteiger partial charge in [0.1, 0.15) is 0 Å². The van der Waals surface area contributed by atoms with Gasteiger partial charge in [-0.25, -0.2) is 0 Å². The van der Waals surface area contributed by atoms with Crippen molar-refractivity contribution in [2.75, 3.05) is 12.3 Å². The molecule has 7 heavy (non-hydrogen) atoms. The predicted molar refractivity (Wildman–Crippen MR) is 31.1 cm³/mol.